The van der Waals surface area contributed by atoms with Crippen molar-refractivity contribution in [2.45, 2.75) is 19.0 Å². The van der Waals surface area contributed by atoms with E-state index >= 15 is 0 Å². The summed E-state index contributed by atoms with van der Waals surface area (Å²) in [5, 5.41) is 2.85. The molecule has 34 heavy (non-hydrogen) atoms. The molecule has 1 N–H and O–H groups in total. The number of hydrogen-bond acceptors (Lipinski definition) is 4. The molecule has 0 aliphatic carbocycles. The number of ether oxygens (including phenoxy) is 2. The lowest BCUT2D eigenvalue weighted by atomic mass is 10.0. The van der Waals surface area contributed by atoms with Gasteiger partial charge in [-0.3, -0.25) is 9.59 Å². The highest BCUT2D eigenvalue weighted by atomic mass is 16.5. The van der Waals surface area contributed by atoms with Gasteiger partial charge in [-0.05, 0) is 35.4 Å². The molecule has 0 aromatic heterocycles. The van der Waals surface area contributed by atoms with Crippen LogP contribution in [0.2, 0.25) is 0 Å². The average molecular weight is 459 g/mol. The van der Waals surface area contributed by atoms with Crippen LogP contribution in [0.3, 0.4) is 0 Å². The maximum absolute atomic E-state index is 13.4. The molecule has 1 atom stereocenters. The summed E-state index contributed by atoms with van der Waals surface area (Å²) in [6.45, 7) is 4.06. The summed E-state index contributed by atoms with van der Waals surface area (Å²) in [6.07, 6.45) is 1.99. The van der Waals surface area contributed by atoms with Crippen molar-refractivity contribution in [3.63, 3.8) is 0 Å². The number of para-hydroxylation sites is 1. The number of nitrogens with zero attached hydrogens (tertiary/aromatic N) is 1. The first-order valence-electron chi connectivity index (χ1n) is 11.1. The van der Waals surface area contributed by atoms with E-state index in [1.54, 1.807) is 30.2 Å². The van der Waals surface area contributed by atoms with Gasteiger partial charge in [0.2, 0.25) is 5.91 Å². The van der Waals surface area contributed by atoms with E-state index in [2.05, 4.69) is 11.9 Å². The van der Waals surface area contributed by atoms with Gasteiger partial charge in [0.15, 0.2) is 6.61 Å². The molecular weight excluding hydrogens is 428 g/mol. The van der Waals surface area contributed by atoms with Gasteiger partial charge in [-0.2, -0.15) is 0 Å². The van der Waals surface area contributed by atoms with E-state index in [1.807, 2.05) is 72.8 Å². The number of rotatable bonds is 12. The molecule has 0 aliphatic rings. The van der Waals surface area contributed by atoms with Crippen LogP contribution in [-0.2, 0) is 22.6 Å². The van der Waals surface area contributed by atoms with E-state index in [0.29, 0.717) is 18.7 Å². The summed E-state index contributed by atoms with van der Waals surface area (Å²) >= 11 is 0. The van der Waals surface area contributed by atoms with E-state index < -0.39 is 6.04 Å². The summed E-state index contributed by atoms with van der Waals surface area (Å²) in [5.41, 5.74) is 1.83. The zero-order valence-electron chi connectivity index (χ0n) is 19.4. The third-order valence-corrected chi connectivity index (χ3v) is 5.31. The minimum atomic E-state index is -0.726. The minimum Gasteiger partial charge on any atom is -0.497 e. The van der Waals surface area contributed by atoms with Crippen molar-refractivity contribution in [3.8, 4) is 11.5 Å². The first-order chi connectivity index (χ1) is 16.6. The second-order valence-electron chi connectivity index (χ2n) is 7.71. The predicted molar refractivity (Wildman–Crippen MR) is 133 cm³/mol. The Balaban J connectivity index is 1.88. The average Bonchev–Trinajstić information content (AvgIpc) is 2.89. The maximum Gasteiger partial charge on any atom is 0.261 e. The lowest BCUT2D eigenvalue weighted by Crippen LogP contribution is -2.51. The summed E-state index contributed by atoms with van der Waals surface area (Å²) in [4.78, 5) is 28.2. The molecule has 176 valence electrons. The lowest BCUT2D eigenvalue weighted by molar-refractivity contribution is -0.142. The number of carbonyl (C=O) groups is 2. The van der Waals surface area contributed by atoms with Crippen molar-refractivity contribution in [2.75, 3.05) is 20.3 Å². The highest BCUT2D eigenvalue weighted by Gasteiger charge is 2.30. The molecule has 3 aromatic carbocycles. The second-order valence-corrected chi connectivity index (χ2v) is 7.71. The smallest absolute Gasteiger partial charge is 0.261 e. The normalized spacial score (nSPS) is 11.2. The summed E-state index contributed by atoms with van der Waals surface area (Å²) in [5.74, 6) is 0.786. The van der Waals surface area contributed by atoms with Gasteiger partial charge in [0, 0.05) is 19.5 Å². The highest BCUT2D eigenvalue weighted by molar-refractivity contribution is 5.88. The molecule has 0 unspecified atom stereocenters. The SMILES string of the molecule is C=CCNC(=O)[C@@H](Cc1ccccc1)N(Cc1ccc(OC)cc1)C(=O)COc1ccccc1. The Morgan fingerprint density at radius 2 is 1.56 bits per heavy atom. The number of methoxy groups -OCH3 is 1. The molecule has 2 amide bonds. The van der Waals surface area contributed by atoms with Gasteiger partial charge in [0.05, 0.1) is 7.11 Å². The first kappa shape index (κ1) is 24.6. The Morgan fingerprint density at radius 1 is 0.912 bits per heavy atom. The Kier molecular flexibility index (Phi) is 9.29. The molecule has 0 saturated heterocycles. The van der Waals surface area contributed by atoms with Gasteiger partial charge in [-0.15, -0.1) is 6.58 Å². The molecule has 0 heterocycles. The van der Waals surface area contributed by atoms with Crippen molar-refractivity contribution < 1.29 is 19.1 Å². The number of carbonyl (C=O) groups excluding carboxylic acids is 2. The fourth-order valence-corrected chi connectivity index (χ4v) is 3.52. The molecule has 3 aromatic rings. The van der Waals surface area contributed by atoms with E-state index in [1.165, 1.54) is 0 Å². The minimum absolute atomic E-state index is 0.180. The molecule has 0 fully saturated rings. The fourth-order valence-electron chi connectivity index (χ4n) is 3.52. The van der Waals surface area contributed by atoms with Crippen LogP contribution in [0, 0.1) is 0 Å². The molecule has 3 rings (SSSR count). The van der Waals surface area contributed by atoms with Crippen LogP contribution in [0.5, 0.6) is 11.5 Å². The molecule has 6 nitrogen and oxygen atoms in total. The quantitative estimate of drug-likeness (QED) is 0.417. The zero-order valence-corrected chi connectivity index (χ0v) is 19.4. The third-order valence-electron chi connectivity index (χ3n) is 5.31. The molecule has 0 saturated carbocycles. The van der Waals surface area contributed by atoms with Gasteiger partial charge >= 0.3 is 0 Å². The Morgan fingerprint density at radius 3 is 2.18 bits per heavy atom. The van der Waals surface area contributed by atoms with Crippen molar-refractivity contribution in [1.82, 2.24) is 10.2 Å². The third kappa shape index (κ3) is 7.24. The van der Waals surface area contributed by atoms with E-state index in [0.717, 1.165) is 16.9 Å². The Hall–Kier alpha value is -4.06. The number of nitrogens with one attached hydrogen (secondary N) is 1. The predicted octanol–water partition coefficient (Wildman–Crippen LogP) is 4.02. The van der Waals surface area contributed by atoms with Crippen LogP contribution in [0.15, 0.2) is 97.6 Å². The van der Waals surface area contributed by atoms with E-state index in [4.69, 9.17) is 9.47 Å². The first-order valence-corrected chi connectivity index (χ1v) is 11.1. The standard InChI is InChI=1S/C28H30N2O4/c1-3-18-29-28(32)26(19-22-10-6-4-7-11-22)30(20-23-14-16-24(33-2)17-15-23)27(31)21-34-25-12-8-5-9-13-25/h3-17,26H,1,18-21H2,2H3,(H,29,32)/t26-/m1/s1. The second kappa shape index (κ2) is 12.8. The number of amides is 2. The fraction of sp³-hybridized carbons (Fsp3) is 0.214. The van der Waals surface area contributed by atoms with Crippen molar-refractivity contribution >= 4 is 11.8 Å². The number of hydrogen-bond donors (Lipinski definition) is 1. The van der Waals surface area contributed by atoms with Crippen LogP contribution in [0.1, 0.15) is 11.1 Å². The van der Waals surface area contributed by atoms with Crippen LogP contribution in [0.25, 0.3) is 0 Å². The molecule has 0 spiro atoms. The molecule has 6 heteroatoms. The van der Waals surface area contributed by atoms with Crippen LogP contribution < -0.4 is 14.8 Å². The molecule has 0 bridgehead atoms. The van der Waals surface area contributed by atoms with Gasteiger partial charge in [0.25, 0.3) is 5.91 Å². The van der Waals surface area contributed by atoms with Gasteiger partial charge in [-0.25, -0.2) is 0 Å². The van der Waals surface area contributed by atoms with Crippen LogP contribution >= 0.6 is 0 Å². The molecular formula is C28H30N2O4. The summed E-state index contributed by atoms with van der Waals surface area (Å²) < 4.78 is 11.0. The zero-order chi connectivity index (χ0) is 24.2. The van der Waals surface area contributed by atoms with Gasteiger partial charge < -0.3 is 19.7 Å². The Labute approximate surface area is 200 Å². The van der Waals surface area contributed by atoms with Crippen LogP contribution in [0.4, 0.5) is 0 Å². The molecule has 0 radical (unpaired) electrons. The molecule has 0 aliphatic heterocycles. The summed E-state index contributed by atoms with van der Waals surface area (Å²) in [7, 11) is 1.60. The topological polar surface area (TPSA) is 67.9 Å². The van der Waals surface area contributed by atoms with Crippen molar-refractivity contribution in [3.05, 3.63) is 109 Å². The lowest BCUT2D eigenvalue weighted by Gasteiger charge is -2.31. The van der Waals surface area contributed by atoms with Gasteiger partial charge in [0.1, 0.15) is 17.5 Å². The summed E-state index contributed by atoms with van der Waals surface area (Å²) in [6, 6.07) is 25.5. The maximum atomic E-state index is 13.4. The van der Waals surface area contributed by atoms with Crippen LogP contribution in [-0.4, -0.2) is 43.0 Å². The largest absolute Gasteiger partial charge is 0.497 e. The monoisotopic (exact) mass is 458 g/mol. The van der Waals surface area contributed by atoms with Crippen molar-refractivity contribution in [2.24, 2.45) is 0 Å². The number of benzene rings is 3. The highest BCUT2D eigenvalue weighted by Crippen LogP contribution is 2.18. The van der Waals surface area contributed by atoms with Crippen molar-refractivity contribution in [1.29, 1.82) is 0 Å². The van der Waals surface area contributed by atoms with E-state index in [-0.39, 0.29) is 25.0 Å². The Bertz CT molecular complexity index is 1050. The van der Waals surface area contributed by atoms with E-state index in [9.17, 15) is 9.59 Å². The van der Waals surface area contributed by atoms with Gasteiger partial charge in [-0.1, -0.05) is 66.7 Å².